The summed E-state index contributed by atoms with van der Waals surface area (Å²) >= 11 is 0. The first-order valence-electron chi connectivity index (χ1n) is 9.25. The number of nitrogens with one attached hydrogen (secondary N) is 3. The Kier molecular flexibility index (Phi) is 5.35. The predicted octanol–water partition coefficient (Wildman–Crippen LogP) is 4.73. The Morgan fingerprint density at radius 2 is 1.75 bits per heavy atom. The van der Waals surface area contributed by atoms with Gasteiger partial charge in [0.25, 0.3) is 0 Å². The molecule has 2 aromatic heterocycles. The van der Waals surface area contributed by atoms with Gasteiger partial charge in [-0.15, -0.1) is 0 Å². The number of imidazole rings is 1. The molecule has 2 heterocycles. The van der Waals surface area contributed by atoms with Crippen LogP contribution in [0.5, 0.6) is 0 Å². The van der Waals surface area contributed by atoms with Crippen LogP contribution in [0.25, 0.3) is 28.4 Å². The lowest BCUT2D eigenvalue weighted by Gasteiger charge is -2.11. The molecule has 32 heavy (non-hydrogen) atoms. The van der Waals surface area contributed by atoms with Gasteiger partial charge < -0.3 is 15.3 Å². The first-order chi connectivity index (χ1) is 15.2. The van der Waals surface area contributed by atoms with Gasteiger partial charge in [-0.25, -0.2) is 14.2 Å². The first kappa shape index (κ1) is 21.0. The van der Waals surface area contributed by atoms with Crippen LogP contribution in [0.2, 0.25) is 0 Å². The average molecular weight is 442 g/mol. The lowest BCUT2D eigenvalue weighted by molar-refractivity contribution is -0.141. The molecule has 2 aromatic carbocycles. The number of para-hydroxylation sites is 1. The van der Waals surface area contributed by atoms with Crippen LogP contribution in [-0.4, -0.2) is 20.9 Å². The van der Waals surface area contributed by atoms with Crippen LogP contribution < -0.4 is 11.0 Å². The first-order valence-corrected chi connectivity index (χ1v) is 9.25. The van der Waals surface area contributed by atoms with Gasteiger partial charge in [0.1, 0.15) is 11.5 Å². The van der Waals surface area contributed by atoms with Gasteiger partial charge in [-0.05, 0) is 48.5 Å². The number of halogens is 4. The number of carbonyl (C=O) groups excluding carboxylic acids is 1. The molecule has 10 heteroatoms. The molecule has 0 fully saturated rings. The maximum atomic E-state index is 13.3. The normalized spacial score (nSPS) is 11.9. The van der Waals surface area contributed by atoms with E-state index in [0.717, 1.165) is 24.3 Å². The molecule has 162 valence electrons. The van der Waals surface area contributed by atoms with Crippen molar-refractivity contribution >= 4 is 28.7 Å². The zero-order valence-electron chi connectivity index (χ0n) is 16.1. The summed E-state index contributed by atoms with van der Waals surface area (Å²) < 4.78 is 52.7. The minimum absolute atomic E-state index is 0.0547. The van der Waals surface area contributed by atoms with E-state index < -0.39 is 29.3 Å². The van der Waals surface area contributed by atoms with Crippen LogP contribution in [0.1, 0.15) is 11.3 Å². The SMILES string of the molecule is O=C(/C=C/c1ccc(C(F)(F)F)nc1-c1ccc(F)cc1)Nc1cccc2[nH]c(=O)[nH]c12. The van der Waals surface area contributed by atoms with Crippen molar-refractivity contribution in [1.82, 2.24) is 15.0 Å². The molecule has 0 aliphatic rings. The fourth-order valence-electron chi connectivity index (χ4n) is 3.10. The Labute approximate surface area is 177 Å². The van der Waals surface area contributed by atoms with Crippen LogP contribution in [0, 0.1) is 5.82 Å². The number of benzene rings is 2. The number of H-pyrrole nitrogens is 2. The highest BCUT2D eigenvalue weighted by atomic mass is 19.4. The fraction of sp³-hybridized carbons (Fsp3) is 0.0455. The fourth-order valence-corrected chi connectivity index (χ4v) is 3.10. The second kappa shape index (κ2) is 8.14. The molecule has 3 N–H and O–H groups in total. The van der Waals surface area contributed by atoms with Crippen LogP contribution in [0.4, 0.5) is 23.2 Å². The molecule has 0 saturated carbocycles. The highest BCUT2D eigenvalue weighted by Gasteiger charge is 2.33. The number of amides is 1. The highest BCUT2D eigenvalue weighted by Crippen LogP contribution is 2.32. The van der Waals surface area contributed by atoms with Crippen molar-refractivity contribution in [3.8, 4) is 11.3 Å². The van der Waals surface area contributed by atoms with E-state index in [1.54, 1.807) is 18.2 Å². The molecule has 0 radical (unpaired) electrons. The maximum Gasteiger partial charge on any atom is 0.433 e. The molecule has 0 spiro atoms. The third-order valence-corrected chi connectivity index (χ3v) is 4.56. The summed E-state index contributed by atoms with van der Waals surface area (Å²) in [5.41, 5.74) is 0.143. The molecule has 0 saturated heterocycles. The number of aromatic amines is 2. The predicted molar refractivity (Wildman–Crippen MR) is 111 cm³/mol. The third kappa shape index (κ3) is 4.43. The smallest absolute Gasteiger partial charge is 0.321 e. The van der Waals surface area contributed by atoms with Crippen molar-refractivity contribution in [2.45, 2.75) is 6.18 Å². The summed E-state index contributed by atoms with van der Waals surface area (Å²) in [7, 11) is 0. The van der Waals surface area contributed by atoms with Crippen molar-refractivity contribution in [2.24, 2.45) is 0 Å². The van der Waals surface area contributed by atoms with Crippen molar-refractivity contribution in [1.29, 1.82) is 0 Å². The number of anilines is 1. The van der Waals surface area contributed by atoms with Crippen molar-refractivity contribution in [3.05, 3.63) is 88.2 Å². The minimum Gasteiger partial charge on any atom is -0.321 e. The van der Waals surface area contributed by atoms with Crippen LogP contribution in [0.15, 0.2) is 65.5 Å². The van der Waals surface area contributed by atoms with Gasteiger partial charge in [-0.1, -0.05) is 12.1 Å². The molecule has 6 nitrogen and oxygen atoms in total. The summed E-state index contributed by atoms with van der Waals surface area (Å²) in [5.74, 6) is -1.13. The van der Waals surface area contributed by atoms with E-state index in [4.69, 9.17) is 0 Å². The van der Waals surface area contributed by atoms with Crippen LogP contribution >= 0.6 is 0 Å². The van der Waals surface area contributed by atoms with Crippen LogP contribution in [0.3, 0.4) is 0 Å². The van der Waals surface area contributed by atoms with E-state index in [1.165, 1.54) is 24.3 Å². The van der Waals surface area contributed by atoms with E-state index in [9.17, 15) is 27.2 Å². The van der Waals surface area contributed by atoms with E-state index >= 15 is 0 Å². The summed E-state index contributed by atoms with van der Waals surface area (Å²) in [4.78, 5) is 32.7. The Bertz CT molecular complexity index is 1390. The van der Waals surface area contributed by atoms with E-state index in [1.807, 2.05) is 0 Å². The average Bonchev–Trinajstić information content (AvgIpc) is 3.13. The summed E-state index contributed by atoms with van der Waals surface area (Å²) in [6.45, 7) is 0. The van der Waals surface area contributed by atoms with Gasteiger partial charge in [-0.2, -0.15) is 13.2 Å². The Morgan fingerprint density at radius 1 is 1.00 bits per heavy atom. The second-order valence-electron chi connectivity index (χ2n) is 6.77. The molecule has 0 aliphatic carbocycles. The number of aromatic nitrogens is 3. The quantitative estimate of drug-likeness (QED) is 0.315. The summed E-state index contributed by atoms with van der Waals surface area (Å²) in [6.07, 6.45) is -2.23. The molecule has 0 unspecified atom stereocenters. The number of carbonyl (C=O) groups is 1. The molecule has 0 aliphatic heterocycles. The number of fused-ring (bicyclic) bond motifs is 1. The van der Waals surface area contributed by atoms with Gasteiger partial charge in [0, 0.05) is 17.2 Å². The number of alkyl halides is 3. The standard InChI is InChI=1S/C22H14F4N4O2/c23-14-8-4-12(5-9-14)19-13(6-10-17(29-19)22(24,25)26)7-11-18(31)27-15-2-1-3-16-20(15)30-21(32)28-16/h1-11H,(H,27,31)(H2,28,30,32)/b11-7+. The Balaban J connectivity index is 1.66. The van der Waals surface area contributed by atoms with Gasteiger partial charge in [-0.3, -0.25) is 4.79 Å². The molecule has 1 amide bonds. The zero-order chi connectivity index (χ0) is 22.9. The summed E-state index contributed by atoms with van der Waals surface area (Å²) in [5, 5.41) is 2.60. The highest BCUT2D eigenvalue weighted by molar-refractivity contribution is 6.06. The van der Waals surface area contributed by atoms with Gasteiger partial charge >= 0.3 is 11.9 Å². The number of pyridine rings is 1. The maximum absolute atomic E-state index is 13.3. The number of rotatable bonds is 4. The molecule has 0 atom stereocenters. The van der Waals surface area contributed by atoms with Crippen molar-refractivity contribution in [3.63, 3.8) is 0 Å². The topological polar surface area (TPSA) is 90.6 Å². The molecular weight excluding hydrogens is 428 g/mol. The zero-order valence-corrected chi connectivity index (χ0v) is 16.1. The third-order valence-electron chi connectivity index (χ3n) is 4.56. The lowest BCUT2D eigenvalue weighted by Crippen LogP contribution is -2.10. The van der Waals surface area contributed by atoms with Crippen molar-refractivity contribution < 1.29 is 22.4 Å². The Morgan fingerprint density at radius 3 is 2.47 bits per heavy atom. The molecule has 4 aromatic rings. The van der Waals surface area contributed by atoms with Gasteiger partial charge in [0.15, 0.2) is 0 Å². The van der Waals surface area contributed by atoms with E-state index in [2.05, 4.69) is 20.3 Å². The minimum atomic E-state index is -4.67. The largest absolute Gasteiger partial charge is 0.433 e. The number of nitrogens with zero attached hydrogens (tertiary/aromatic N) is 1. The van der Waals surface area contributed by atoms with Gasteiger partial charge in [0.05, 0.1) is 22.4 Å². The summed E-state index contributed by atoms with van der Waals surface area (Å²) in [6, 6.07) is 11.7. The molecular formula is C22H14F4N4O2. The lowest BCUT2D eigenvalue weighted by atomic mass is 10.0. The number of hydrogen-bond donors (Lipinski definition) is 3. The molecule has 0 bridgehead atoms. The monoisotopic (exact) mass is 442 g/mol. The Hall–Kier alpha value is -4.21. The van der Waals surface area contributed by atoms with Crippen molar-refractivity contribution in [2.75, 3.05) is 5.32 Å². The van der Waals surface area contributed by atoms with Crippen LogP contribution in [-0.2, 0) is 11.0 Å². The second-order valence-corrected chi connectivity index (χ2v) is 6.77. The molecule has 4 rings (SSSR count). The van der Waals surface area contributed by atoms with E-state index in [-0.39, 0.29) is 16.8 Å². The van der Waals surface area contributed by atoms with E-state index in [0.29, 0.717) is 16.7 Å². The number of hydrogen-bond acceptors (Lipinski definition) is 3. The van der Waals surface area contributed by atoms with Gasteiger partial charge in [0.2, 0.25) is 5.91 Å².